The number of aliphatic hydroxyl groups excluding tert-OH is 1. The standard InChI is InChI=1S/C19H41NO/c1-3-5-6-7-8-9-10-11-12-13-14-15-16-17-19(21)18(20)4-2/h18-19,21H,3-17,20H2,1-2H3/t18-,19-/m0/s1. The Kier molecular flexibility index (Phi) is 16.2. The van der Waals surface area contributed by atoms with Gasteiger partial charge < -0.3 is 10.8 Å². The third-order valence-electron chi connectivity index (χ3n) is 4.57. The van der Waals surface area contributed by atoms with Gasteiger partial charge in [-0.05, 0) is 12.8 Å². The highest BCUT2D eigenvalue weighted by molar-refractivity contribution is 4.69. The van der Waals surface area contributed by atoms with Gasteiger partial charge in [0.15, 0.2) is 0 Å². The fourth-order valence-electron chi connectivity index (χ4n) is 2.86. The predicted octanol–water partition coefficient (Wildman–Crippen LogP) is 5.57. The third kappa shape index (κ3) is 14.6. The number of rotatable bonds is 16. The van der Waals surface area contributed by atoms with Crippen LogP contribution in [-0.2, 0) is 0 Å². The van der Waals surface area contributed by atoms with Crippen LogP contribution in [0.5, 0.6) is 0 Å². The Labute approximate surface area is 133 Å². The van der Waals surface area contributed by atoms with Crippen LogP contribution in [0.1, 0.15) is 110 Å². The normalized spacial score (nSPS) is 14.3. The van der Waals surface area contributed by atoms with Crippen LogP contribution in [0.4, 0.5) is 0 Å². The summed E-state index contributed by atoms with van der Waals surface area (Å²) in [6.07, 6.45) is 19.3. The summed E-state index contributed by atoms with van der Waals surface area (Å²) in [5.41, 5.74) is 5.81. The number of hydrogen-bond acceptors (Lipinski definition) is 2. The lowest BCUT2D eigenvalue weighted by Crippen LogP contribution is -2.33. The summed E-state index contributed by atoms with van der Waals surface area (Å²) < 4.78 is 0. The Hall–Kier alpha value is -0.0800. The van der Waals surface area contributed by atoms with Gasteiger partial charge in [0, 0.05) is 6.04 Å². The summed E-state index contributed by atoms with van der Waals surface area (Å²) in [4.78, 5) is 0. The van der Waals surface area contributed by atoms with Crippen LogP contribution in [0.2, 0.25) is 0 Å². The minimum atomic E-state index is -0.289. The van der Waals surface area contributed by atoms with E-state index in [1.807, 2.05) is 6.92 Å². The van der Waals surface area contributed by atoms with Crippen LogP contribution in [0.15, 0.2) is 0 Å². The molecule has 2 heteroatoms. The molecule has 0 aromatic rings. The van der Waals surface area contributed by atoms with Crippen molar-refractivity contribution in [3.05, 3.63) is 0 Å². The van der Waals surface area contributed by atoms with Gasteiger partial charge in [0.05, 0.1) is 6.10 Å². The molecular weight excluding hydrogens is 258 g/mol. The van der Waals surface area contributed by atoms with Crippen molar-refractivity contribution in [2.45, 2.75) is 122 Å². The highest BCUT2D eigenvalue weighted by Gasteiger charge is 2.11. The second-order valence-electron chi connectivity index (χ2n) is 6.67. The minimum absolute atomic E-state index is 0.0256. The van der Waals surface area contributed by atoms with Gasteiger partial charge in [0.25, 0.3) is 0 Å². The maximum absolute atomic E-state index is 9.77. The molecule has 128 valence electrons. The Bertz CT molecular complexity index is 196. The maximum atomic E-state index is 9.77. The van der Waals surface area contributed by atoms with Crippen molar-refractivity contribution in [2.75, 3.05) is 0 Å². The van der Waals surface area contributed by atoms with Crippen molar-refractivity contribution >= 4 is 0 Å². The fourth-order valence-corrected chi connectivity index (χ4v) is 2.86. The molecule has 3 N–H and O–H groups in total. The SMILES string of the molecule is CCCCCCCCCCCCCCC[C@H](O)[C@@H](N)CC. The summed E-state index contributed by atoms with van der Waals surface area (Å²) in [5, 5.41) is 9.77. The van der Waals surface area contributed by atoms with Crippen LogP contribution in [0.25, 0.3) is 0 Å². The van der Waals surface area contributed by atoms with E-state index in [1.165, 1.54) is 77.0 Å². The van der Waals surface area contributed by atoms with Crippen LogP contribution >= 0.6 is 0 Å². The van der Waals surface area contributed by atoms with E-state index in [0.717, 1.165) is 19.3 Å². The monoisotopic (exact) mass is 299 g/mol. The van der Waals surface area contributed by atoms with Crippen molar-refractivity contribution in [3.63, 3.8) is 0 Å². The zero-order valence-corrected chi connectivity index (χ0v) is 14.8. The number of hydrogen-bond donors (Lipinski definition) is 2. The molecule has 0 aliphatic heterocycles. The molecule has 0 rings (SSSR count). The molecule has 0 bridgehead atoms. The van der Waals surface area contributed by atoms with Gasteiger partial charge in [-0.1, -0.05) is 97.3 Å². The van der Waals surface area contributed by atoms with Crippen molar-refractivity contribution in [1.82, 2.24) is 0 Å². The smallest absolute Gasteiger partial charge is 0.0691 e. The lowest BCUT2D eigenvalue weighted by molar-refractivity contribution is 0.129. The topological polar surface area (TPSA) is 46.2 Å². The van der Waals surface area contributed by atoms with Gasteiger partial charge >= 0.3 is 0 Å². The highest BCUT2D eigenvalue weighted by Crippen LogP contribution is 2.14. The molecule has 0 unspecified atom stereocenters. The molecule has 0 radical (unpaired) electrons. The van der Waals surface area contributed by atoms with E-state index in [1.54, 1.807) is 0 Å². The van der Waals surface area contributed by atoms with Crippen LogP contribution in [0.3, 0.4) is 0 Å². The molecule has 0 amide bonds. The molecular formula is C19H41NO. The maximum Gasteiger partial charge on any atom is 0.0691 e. The van der Waals surface area contributed by atoms with Gasteiger partial charge in [-0.2, -0.15) is 0 Å². The Balaban J connectivity index is 3.09. The first-order valence-electron chi connectivity index (χ1n) is 9.66. The molecule has 0 spiro atoms. The minimum Gasteiger partial charge on any atom is -0.392 e. The molecule has 21 heavy (non-hydrogen) atoms. The Morgan fingerprint density at radius 1 is 0.667 bits per heavy atom. The number of unbranched alkanes of at least 4 members (excludes halogenated alkanes) is 12. The average Bonchev–Trinajstić information content (AvgIpc) is 2.50. The first kappa shape index (κ1) is 20.9. The van der Waals surface area contributed by atoms with Gasteiger partial charge in [0.2, 0.25) is 0 Å². The molecule has 0 fully saturated rings. The summed E-state index contributed by atoms with van der Waals surface area (Å²) in [6.45, 7) is 4.32. The van der Waals surface area contributed by atoms with E-state index in [0.29, 0.717) is 0 Å². The first-order valence-corrected chi connectivity index (χ1v) is 9.66. The molecule has 0 saturated carbocycles. The lowest BCUT2D eigenvalue weighted by atomic mass is 10.0. The molecule has 0 heterocycles. The predicted molar refractivity (Wildman–Crippen MR) is 94.6 cm³/mol. The summed E-state index contributed by atoms with van der Waals surface area (Å²) in [5.74, 6) is 0. The van der Waals surface area contributed by atoms with Gasteiger partial charge in [-0.25, -0.2) is 0 Å². The summed E-state index contributed by atoms with van der Waals surface area (Å²) in [6, 6.07) is -0.0256. The van der Waals surface area contributed by atoms with E-state index < -0.39 is 0 Å². The van der Waals surface area contributed by atoms with E-state index in [9.17, 15) is 5.11 Å². The largest absolute Gasteiger partial charge is 0.392 e. The molecule has 0 aromatic heterocycles. The van der Waals surface area contributed by atoms with Crippen molar-refractivity contribution in [1.29, 1.82) is 0 Å². The second kappa shape index (κ2) is 16.3. The summed E-state index contributed by atoms with van der Waals surface area (Å²) in [7, 11) is 0. The zero-order chi connectivity index (χ0) is 15.8. The van der Waals surface area contributed by atoms with E-state index in [2.05, 4.69) is 6.92 Å². The van der Waals surface area contributed by atoms with Crippen LogP contribution in [-0.4, -0.2) is 17.3 Å². The first-order chi connectivity index (χ1) is 10.2. The van der Waals surface area contributed by atoms with Crippen molar-refractivity contribution in [3.8, 4) is 0 Å². The summed E-state index contributed by atoms with van der Waals surface area (Å²) >= 11 is 0. The molecule has 2 atom stereocenters. The molecule has 0 aromatic carbocycles. The Morgan fingerprint density at radius 3 is 1.43 bits per heavy atom. The fraction of sp³-hybridized carbons (Fsp3) is 1.00. The number of aliphatic hydroxyl groups is 1. The second-order valence-corrected chi connectivity index (χ2v) is 6.67. The number of nitrogens with two attached hydrogens (primary N) is 1. The lowest BCUT2D eigenvalue weighted by Gasteiger charge is -2.16. The van der Waals surface area contributed by atoms with Gasteiger partial charge in [-0.3, -0.25) is 0 Å². The Morgan fingerprint density at radius 2 is 1.05 bits per heavy atom. The van der Waals surface area contributed by atoms with Crippen molar-refractivity contribution < 1.29 is 5.11 Å². The van der Waals surface area contributed by atoms with Crippen LogP contribution in [0, 0.1) is 0 Å². The average molecular weight is 300 g/mol. The van der Waals surface area contributed by atoms with Gasteiger partial charge in [0.1, 0.15) is 0 Å². The van der Waals surface area contributed by atoms with Gasteiger partial charge in [-0.15, -0.1) is 0 Å². The van der Waals surface area contributed by atoms with Crippen molar-refractivity contribution in [2.24, 2.45) is 5.73 Å². The van der Waals surface area contributed by atoms with E-state index in [4.69, 9.17) is 5.73 Å². The molecule has 2 nitrogen and oxygen atoms in total. The zero-order valence-electron chi connectivity index (χ0n) is 14.8. The molecule has 0 aliphatic rings. The highest BCUT2D eigenvalue weighted by atomic mass is 16.3. The quantitative estimate of drug-likeness (QED) is 0.366. The molecule has 0 aliphatic carbocycles. The molecule has 0 saturated heterocycles. The van der Waals surface area contributed by atoms with E-state index >= 15 is 0 Å². The third-order valence-corrected chi connectivity index (χ3v) is 4.57. The van der Waals surface area contributed by atoms with E-state index in [-0.39, 0.29) is 12.1 Å². The van der Waals surface area contributed by atoms with Crippen LogP contribution < -0.4 is 5.73 Å².